The van der Waals surface area contributed by atoms with Gasteiger partial charge in [-0.1, -0.05) is 0 Å². The Kier molecular flexibility index (Phi) is 5.73. The summed E-state index contributed by atoms with van der Waals surface area (Å²) in [6.07, 6.45) is -3.44. The molecule has 182 valence electrons. The van der Waals surface area contributed by atoms with Crippen LogP contribution < -0.4 is 9.64 Å². The second-order valence-electron chi connectivity index (χ2n) is 8.62. The molecule has 6 nitrogen and oxygen atoms in total. The van der Waals surface area contributed by atoms with Crippen molar-refractivity contribution in [3.05, 3.63) is 53.7 Å². The summed E-state index contributed by atoms with van der Waals surface area (Å²) in [7, 11) is 0. The number of alkyl halides is 6. The van der Waals surface area contributed by atoms with E-state index in [0.717, 1.165) is 15.8 Å². The number of ether oxygens (including phenoxy) is 1. The Hall–Kier alpha value is -3.31. The largest absolute Gasteiger partial charge is 0.482 e. The van der Waals surface area contributed by atoms with Crippen molar-refractivity contribution in [3.8, 4) is 17.0 Å². The number of fused-ring (bicyclic) bond motifs is 1. The molecule has 1 aliphatic rings. The van der Waals surface area contributed by atoms with Crippen molar-refractivity contribution in [1.29, 1.82) is 0 Å². The van der Waals surface area contributed by atoms with Gasteiger partial charge in [-0.05, 0) is 44.0 Å². The predicted octanol–water partition coefficient (Wildman–Crippen LogP) is 5.41. The van der Waals surface area contributed by atoms with Crippen molar-refractivity contribution < 1.29 is 31.1 Å². The van der Waals surface area contributed by atoms with Gasteiger partial charge in [-0.2, -0.15) is 31.4 Å². The average Bonchev–Trinajstić information content (AvgIpc) is 3.26. The fourth-order valence-corrected chi connectivity index (χ4v) is 4.02. The molecule has 0 aromatic carbocycles. The van der Waals surface area contributed by atoms with Crippen LogP contribution in [0.2, 0.25) is 0 Å². The predicted molar refractivity (Wildman–Crippen MR) is 111 cm³/mol. The number of anilines is 1. The number of halogens is 6. The van der Waals surface area contributed by atoms with E-state index in [1.165, 1.54) is 30.9 Å². The Bertz CT molecular complexity index is 1200. The maximum atomic E-state index is 12.7. The number of nitrogens with zero attached hydrogens (tertiary/aromatic N) is 5. The minimum Gasteiger partial charge on any atom is -0.482 e. The number of aromatic nitrogens is 4. The topological polar surface area (TPSA) is 56.1 Å². The molecule has 0 saturated carbocycles. The molecule has 0 amide bonds. The van der Waals surface area contributed by atoms with Crippen molar-refractivity contribution in [2.75, 3.05) is 11.5 Å². The zero-order chi connectivity index (χ0) is 24.9. The highest BCUT2D eigenvalue weighted by atomic mass is 19.4. The first-order valence-electron chi connectivity index (χ1n) is 10.3. The molecule has 0 spiro atoms. The number of rotatable bonds is 5. The molecule has 0 saturated heterocycles. The quantitative estimate of drug-likeness (QED) is 0.453. The van der Waals surface area contributed by atoms with Crippen LogP contribution in [0, 0.1) is 6.92 Å². The summed E-state index contributed by atoms with van der Waals surface area (Å²) in [6, 6.07) is 3.24. The van der Waals surface area contributed by atoms with Crippen LogP contribution in [-0.2, 0) is 18.6 Å². The van der Waals surface area contributed by atoms with E-state index < -0.39 is 31.0 Å². The van der Waals surface area contributed by atoms with Crippen molar-refractivity contribution >= 4 is 5.69 Å². The molecule has 3 aromatic rings. The van der Waals surface area contributed by atoms with Crippen LogP contribution in [0.25, 0.3) is 11.3 Å². The van der Waals surface area contributed by atoms with Gasteiger partial charge in [0.2, 0.25) is 0 Å². The molecule has 4 rings (SSSR count). The van der Waals surface area contributed by atoms with Gasteiger partial charge in [0, 0.05) is 24.5 Å². The first kappa shape index (κ1) is 23.8. The Morgan fingerprint density at radius 2 is 1.76 bits per heavy atom. The molecule has 1 aliphatic heterocycles. The standard InChI is InChI=1S/C22H21F6N5O/c1-13-4-18(14-5-16(8-29-6-14)34-12-22(26,27)28)31-19-17(13)10-33(20(19,2)3)15-7-30-32(9-15)11-21(23,24)25/h4-9H,10-12H2,1-3H3. The number of aryl methyl sites for hydroxylation is 1. The molecule has 3 aromatic heterocycles. The van der Waals surface area contributed by atoms with Crippen LogP contribution in [0.4, 0.5) is 32.0 Å². The van der Waals surface area contributed by atoms with Crippen molar-refractivity contribution in [2.45, 2.75) is 51.8 Å². The molecule has 0 fully saturated rings. The van der Waals surface area contributed by atoms with E-state index in [4.69, 9.17) is 9.72 Å². The Balaban J connectivity index is 1.64. The Morgan fingerprint density at radius 1 is 1.03 bits per heavy atom. The van der Waals surface area contributed by atoms with E-state index in [1.54, 1.807) is 6.07 Å². The van der Waals surface area contributed by atoms with Crippen LogP contribution in [0.15, 0.2) is 36.9 Å². The van der Waals surface area contributed by atoms with Crippen LogP contribution in [0.5, 0.6) is 5.75 Å². The van der Waals surface area contributed by atoms with E-state index in [9.17, 15) is 26.3 Å². The summed E-state index contributed by atoms with van der Waals surface area (Å²) >= 11 is 0. The smallest absolute Gasteiger partial charge is 0.422 e. The van der Waals surface area contributed by atoms with Crippen LogP contribution in [-0.4, -0.2) is 38.7 Å². The maximum absolute atomic E-state index is 12.7. The first-order valence-corrected chi connectivity index (χ1v) is 10.3. The molecular weight excluding hydrogens is 464 g/mol. The molecule has 4 heterocycles. The first-order chi connectivity index (χ1) is 15.7. The van der Waals surface area contributed by atoms with Gasteiger partial charge in [0.1, 0.15) is 12.3 Å². The minimum absolute atomic E-state index is 0.0345. The summed E-state index contributed by atoms with van der Waals surface area (Å²) in [5, 5.41) is 3.84. The lowest BCUT2D eigenvalue weighted by molar-refractivity contribution is -0.153. The van der Waals surface area contributed by atoms with E-state index in [0.29, 0.717) is 29.2 Å². The van der Waals surface area contributed by atoms with Gasteiger partial charge < -0.3 is 9.64 Å². The highest BCUT2D eigenvalue weighted by Gasteiger charge is 2.41. The van der Waals surface area contributed by atoms with E-state index >= 15 is 0 Å². The summed E-state index contributed by atoms with van der Waals surface area (Å²) in [6.45, 7) is 3.49. The van der Waals surface area contributed by atoms with E-state index in [2.05, 4.69) is 10.1 Å². The second-order valence-corrected chi connectivity index (χ2v) is 8.62. The lowest BCUT2D eigenvalue weighted by Gasteiger charge is -2.32. The fraction of sp³-hybridized carbons (Fsp3) is 0.409. The van der Waals surface area contributed by atoms with E-state index in [1.807, 2.05) is 25.7 Å². The zero-order valence-corrected chi connectivity index (χ0v) is 18.5. The zero-order valence-electron chi connectivity index (χ0n) is 18.5. The summed E-state index contributed by atoms with van der Waals surface area (Å²) in [5.41, 5.74) is 3.36. The molecule has 0 aliphatic carbocycles. The highest BCUT2D eigenvalue weighted by molar-refractivity contribution is 5.64. The van der Waals surface area contributed by atoms with Crippen LogP contribution in [0.1, 0.15) is 30.7 Å². The van der Waals surface area contributed by atoms with E-state index in [-0.39, 0.29) is 5.75 Å². The number of hydrogen-bond acceptors (Lipinski definition) is 5. The third-order valence-corrected chi connectivity index (χ3v) is 5.60. The monoisotopic (exact) mass is 485 g/mol. The maximum Gasteiger partial charge on any atom is 0.422 e. The molecule has 0 unspecified atom stereocenters. The lowest BCUT2D eigenvalue weighted by atomic mass is 9.96. The SMILES string of the molecule is Cc1cc(-c2cncc(OCC(F)(F)F)c2)nc2c1CN(c1cnn(CC(F)(F)F)c1)C2(C)C. The van der Waals surface area contributed by atoms with Crippen molar-refractivity contribution in [1.82, 2.24) is 19.7 Å². The van der Waals surface area contributed by atoms with Crippen LogP contribution in [0.3, 0.4) is 0 Å². The van der Waals surface area contributed by atoms with Gasteiger partial charge in [0.25, 0.3) is 0 Å². The number of pyridine rings is 2. The molecular formula is C22H21F6N5O. The summed E-state index contributed by atoms with van der Waals surface area (Å²) in [5.74, 6) is -0.0345. The van der Waals surface area contributed by atoms with Gasteiger partial charge in [0.05, 0.1) is 35.0 Å². The average molecular weight is 485 g/mol. The third kappa shape index (κ3) is 4.95. The van der Waals surface area contributed by atoms with Crippen LogP contribution >= 0.6 is 0 Å². The third-order valence-electron chi connectivity index (χ3n) is 5.60. The normalized spacial score (nSPS) is 15.5. The summed E-state index contributed by atoms with van der Waals surface area (Å²) in [4.78, 5) is 10.7. The van der Waals surface area contributed by atoms with Crippen molar-refractivity contribution in [3.63, 3.8) is 0 Å². The molecule has 0 atom stereocenters. The summed E-state index contributed by atoms with van der Waals surface area (Å²) < 4.78 is 81.3. The molecule has 12 heteroatoms. The van der Waals surface area contributed by atoms with Gasteiger partial charge in [0.15, 0.2) is 6.61 Å². The fourth-order valence-electron chi connectivity index (χ4n) is 4.02. The number of hydrogen-bond donors (Lipinski definition) is 0. The van der Waals surface area contributed by atoms with Gasteiger partial charge in [-0.25, -0.2) is 4.98 Å². The molecule has 34 heavy (non-hydrogen) atoms. The lowest BCUT2D eigenvalue weighted by Crippen LogP contribution is -2.35. The minimum atomic E-state index is -4.47. The molecule has 0 radical (unpaired) electrons. The highest BCUT2D eigenvalue weighted by Crippen LogP contribution is 2.43. The van der Waals surface area contributed by atoms with Gasteiger partial charge >= 0.3 is 12.4 Å². The second kappa shape index (κ2) is 8.17. The van der Waals surface area contributed by atoms with Gasteiger partial charge in [-0.15, -0.1) is 0 Å². The molecule has 0 bridgehead atoms. The molecule has 0 N–H and O–H groups in total. The van der Waals surface area contributed by atoms with Crippen molar-refractivity contribution in [2.24, 2.45) is 0 Å². The Labute approximate surface area is 191 Å². The van der Waals surface area contributed by atoms with Gasteiger partial charge in [-0.3, -0.25) is 9.67 Å². The Morgan fingerprint density at radius 3 is 2.44 bits per heavy atom.